The Morgan fingerprint density at radius 2 is 1.76 bits per heavy atom. The van der Waals surface area contributed by atoms with Crippen molar-refractivity contribution in [3.63, 3.8) is 0 Å². The molecule has 1 unspecified atom stereocenters. The summed E-state index contributed by atoms with van der Waals surface area (Å²) >= 11 is 1.40. The summed E-state index contributed by atoms with van der Waals surface area (Å²) in [7, 11) is 3.14. The van der Waals surface area contributed by atoms with Crippen LogP contribution in [-0.4, -0.2) is 43.2 Å². The fourth-order valence-electron chi connectivity index (χ4n) is 2.55. The summed E-state index contributed by atoms with van der Waals surface area (Å²) in [5.41, 5.74) is 2.84. The number of hydrogen-bond acceptors (Lipinski definition) is 6. The quantitative estimate of drug-likeness (QED) is 0.607. The molecule has 0 heterocycles. The van der Waals surface area contributed by atoms with Crippen LogP contribution in [0.4, 0.5) is 4.79 Å². The average Bonchev–Trinajstić information content (AvgIpc) is 2.72. The maximum Gasteiger partial charge on any atom is 0.408 e. The van der Waals surface area contributed by atoms with E-state index in [1.807, 2.05) is 49.4 Å². The molecule has 2 rings (SSSR count). The summed E-state index contributed by atoms with van der Waals surface area (Å²) in [6, 6.07) is 11.9. The molecule has 2 aromatic rings. The number of benzene rings is 2. The van der Waals surface area contributed by atoms with Crippen LogP contribution in [0, 0.1) is 6.92 Å². The molecular weight excluding hydrogens is 394 g/mol. The van der Waals surface area contributed by atoms with Crippen molar-refractivity contribution in [1.29, 1.82) is 0 Å². The zero-order valence-corrected chi connectivity index (χ0v) is 17.5. The van der Waals surface area contributed by atoms with Crippen molar-refractivity contribution in [2.45, 2.75) is 25.3 Å². The Morgan fingerprint density at radius 3 is 2.38 bits per heavy atom. The van der Waals surface area contributed by atoms with Crippen molar-refractivity contribution in [3.8, 4) is 11.5 Å². The van der Waals surface area contributed by atoms with Crippen LogP contribution in [0.2, 0.25) is 0 Å². The zero-order valence-electron chi connectivity index (χ0n) is 16.6. The van der Waals surface area contributed by atoms with E-state index in [1.165, 1.54) is 11.8 Å². The van der Waals surface area contributed by atoms with Crippen molar-refractivity contribution in [3.05, 3.63) is 59.2 Å². The molecule has 0 fully saturated rings. The fraction of sp³-hybridized carbons (Fsp3) is 0.333. The smallest absolute Gasteiger partial charge is 0.408 e. The number of carbonyl (C=O) groups excluding carboxylic acids is 1. The standard InChI is InChI=1S/C21H25NO6S/c1-14-9-18(26-2)19(27-3)10-16(14)12-29-13-17(20(23)24)22-21(25)28-11-15-7-5-4-6-8-15/h4-10,17H,11-13H2,1-3H3,(H,22,25)(H,23,24). The maximum absolute atomic E-state index is 11.9. The number of carbonyl (C=O) groups is 2. The third-order valence-electron chi connectivity index (χ3n) is 4.19. The van der Waals surface area contributed by atoms with Gasteiger partial charge in [-0.25, -0.2) is 9.59 Å². The van der Waals surface area contributed by atoms with Crippen molar-refractivity contribution in [1.82, 2.24) is 5.32 Å². The molecule has 2 N–H and O–H groups in total. The first kappa shape index (κ1) is 22.4. The molecule has 0 aliphatic carbocycles. The summed E-state index contributed by atoms with van der Waals surface area (Å²) in [4.78, 5) is 23.4. The fourth-order valence-corrected chi connectivity index (χ4v) is 3.66. The SMILES string of the molecule is COc1cc(C)c(CSCC(NC(=O)OCc2ccccc2)C(=O)O)cc1OC. The highest BCUT2D eigenvalue weighted by Gasteiger charge is 2.21. The van der Waals surface area contributed by atoms with Gasteiger partial charge in [-0.2, -0.15) is 11.8 Å². The lowest BCUT2D eigenvalue weighted by atomic mass is 10.1. The van der Waals surface area contributed by atoms with Crippen LogP contribution >= 0.6 is 11.8 Å². The van der Waals surface area contributed by atoms with Crippen LogP contribution in [0.1, 0.15) is 16.7 Å². The number of alkyl carbamates (subject to hydrolysis) is 1. The molecule has 7 nitrogen and oxygen atoms in total. The van der Waals surface area contributed by atoms with E-state index in [1.54, 1.807) is 14.2 Å². The Balaban J connectivity index is 1.88. The summed E-state index contributed by atoms with van der Waals surface area (Å²) in [5.74, 6) is 0.912. The number of carboxylic acid groups (broad SMARTS) is 1. The number of carboxylic acids is 1. The van der Waals surface area contributed by atoms with Crippen LogP contribution in [0.5, 0.6) is 11.5 Å². The summed E-state index contributed by atoms with van der Waals surface area (Å²) in [6.45, 7) is 2.03. The number of amides is 1. The Kier molecular flexibility index (Phi) is 8.67. The lowest BCUT2D eigenvalue weighted by molar-refractivity contribution is -0.138. The van der Waals surface area contributed by atoms with Gasteiger partial charge >= 0.3 is 12.1 Å². The first-order valence-corrected chi connectivity index (χ1v) is 10.1. The van der Waals surface area contributed by atoms with Crippen molar-refractivity contribution < 1.29 is 28.9 Å². The van der Waals surface area contributed by atoms with Gasteiger partial charge in [-0.15, -0.1) is 0 Å². The van der Waals surface area contributed by atoms with Crippen molar-refractivity contribution >= 4 is 23.8 Å². The zero-order chi connectivity index (χ0) is 21.2. The van der Waals surface area contributed by atoms with E-state index in [4.69, 9.17) is 14.2 Å². The van der Waals surface area contributed by atoms with Gasteiger partial charge in [0.1, 0.15) is 12.6 Å². The minimum absolute atomic E-state index is 0.0804. The van der Waals surface area contributed by atoms with Gasteiger partial charge in [-0.1, -0.05) is 30.3 Å². The van der Waals surface area contributed by atoms with E-state index in [0.29, 0.717) is 17.3 Å². The number of rotatable bonds is 10. The Morgan fingerprint density at radius 1 is 1.10 bits per heavy atom. The molecule has 8 heteroatoms. The molecule has 0 aliphatic rings. The van der Waals surface area contributed by atoms with E-state index >= 15 is 0 Å². The summed E-state index contributed by atoms with van der Waals surface area (Å²) < 4.78 is 15.7. The van der Waals surface area contributed by atoms with Gasteiger partial charge in [0.05, 0.1) is 14.2 Å². The number of aryl methyl sites for hydroxylation is 1. The number of nitrogens with one attached hydrogen (secondary N) is 1. The first-order valence-electron chi connectivity index (χ1n) is 8.93. The number of methoxy groups -OCH3 is 2. The van der Waals surface area contributed by atoms with E-state index < -0.39 is 18.1 Å². The topological polar surface area (TPSA) is 94.1 Å². The van der Waals surface area contributed by atoms with Crippen LogP contribution in [0.15, 0.2) is 42.5 Å². The van der Waals surface area contributed by atoms with Gasteiger partial charge in [0.15, 0.2) is 11.5 Å². The molecule has 0 spiro atoms. The predicted octanol–water partition coefficient (Wildman–Crippen LogP) is 3.63. The Labute approximate surface area is 174 Å². The Hall–Kier alpha value is -2.87. The maximum atomic E-state index is 11.9. The second-order valence-corrected chi connectivity index (χ2v) is 7.28. The van der Waals surface area contributed by atoms with Gasteiger partial charge in [-0.3, -0.25) is 0 Å². The second-order valence-electron chi connectivity index (χ2n) is 6.25. The van der Waals surface area contributed by atoms with Crippen LogP contribution < -0.4 is 14.8 Å². The lowest BCUT2D eigenvalue weighted by Crippen LogP contribution is -2.42. The van der Waals surface area contributed by atoms with Gasteiger partial charge < -0.3 is 24.6 Å². The minimum atomic E-state index is -1.11. The summed E-state index contributed by atoms with van der Waals surface area (Å²) in [5, 5.41) is 11.8. The van der Waals surface area contributed by atoms with E-state index in [9.17, 15) is 14.7 Å². The number of ether oxygens (including phenoxy) is 3. The molecule has 0 radical (unpaired) electrons. The van der Waals surface area contributed by atoms with E-state index in [2.05, 4.69) is 5.32 Å². The van der Waals surface area contributed by atoms with Crippen molar-refractivity contribution in [2.24, 2.45) is 0 Å². The molecule has 1 atom stereocenters. The molecule has 0 aromatic heterocycles. The third kappa shape index (κ3) is 6.90. The number of aliphatic carboxylic acids is 1. The molecule has 0 saturated heterocycles. The van der Waals surface area contributed by atoms with Gasteiger partial charge in [0.2, 0.25) is 0 Å². The molecular formula is C21H25NO6S. The van der Waals surface area contributed by atoms with E-state index in [0.717, 1.165) is 16.7 Å². The molecule has 156 valence electrons. The summed E-state index contributed by atoms with van der Waals surface area (Å²) in [6.07, 6.45) is -0.760. The minimum Gasteiger partial charge on any atom is -0.493 e. The molecule has 29 heavy (non-hydrogen) atoms. The lowest BCUT2D eigenvalue weighted by Gasteiger charge is -2.16. The second kappa shape index (κ2) is 11.2. The highest BCUT2D eigenvalue weighted by atomic mass is 32.2. The average molecular weight is 419 g/mol. The van der Waals surface area contributed by atoms with Crippen LogP contribution in [-0.2, 0) is 21.9 Å². The van der Waals surface area contributed by atoms with Gasteiger partial charge in [-0.05, 0) is 35.7 Å². The van der Waals surface area contributed by atoms with Crippen LogP contribution in [0.3, 0.4) is 0 Å². The monoisotopic (exact) mass is 419 g/mol. The number of hydrogen-bond donors (Lipinski definition) is 2. The highest BCUT2D eigenvalue weighted by molar-refractivity contribution is 7.98. The molecule has 0 aliphatic heterocycles. The molecule has 1 amide bonds. The molecule has 0 bridgehead atoms. The third-order valence-corrected chi connectivity index (χ3v) is 5.27. The number of thioether (sulfide) groups is 1. The van der Waals surface area contributed by atoms with E-state index in [-0.39, 0.29) is 12.4 Å². The van der Waals surface area contributed by atoms with Gasteiger partial charge in [0, 0.05) is 11.5 Å². The normalized spacial score (nSPS) is 11.4. The molecule has 0 saturated carbocycles. The highest BCUT2D eigenvalue weighted by Crippen LogP contribution is 2.31. The largest absolute Gasteiger partial charge is 0.493 e. The Bertz CT molecular complexity index is 827. The predicted molar refractivity (Wildman–Crippen MR) is 112 cm³/mol. The molecule has 2 aromatic carbocycles. The van der Waals surface area contributed by atoms with Gasteiger partial charge in [0.25, 0.3) is 0 Å². The van der Waals surface area contributed by atoms with Crippen LogP contribution in [0.25, 0.3) is 0 Å². The van der Waals surface area contributed by atoms with Crippen molar-refractivity contribution in [2.75, 3.05) is 20.0 Å². The first-order chi connectivity index (χ1) is 13.9.